The third-order valence-electron chi connectivity index (χ3n) is 3.38. The number of para-hydroxylation sites is 1. The second-order valence-electron chi connectivity index (χ2n) is 4.77. The van der Waals surface area contributed by atoms with E-state index in [4.69, 9.17) is 0 Å². The highest BCUT2D eigenvalue weighted by Crippen LogP contribution is 2.28. The van der Waals surface area contributed by atoms with E-state index in [1.54, 1.807) is 0 Å². The van der Waals surface area contributed by atoms with E-state index in [2.05, 4.69) is 75.6 Å². The molecule has 0 spiro atoms. The van der Waals surface area contributed by atoms with E-state index in [0.717, 1.165) is 21.1 Å². The molecular weight excluding hydrogens is 312 g/mol. The molecule has 1 aromatic heterocycles. The van der Waals surface area contributed by atoms with Crippen molar-refractivity contribution in [2.75, 3.05) is 5.32 Å². The van der Waals surface area contributed by atoms with Gasteiger partial charge < -0.3 is 5.32 Å². The van der Waals surface area contributed by atoms with E-state index in [1.807, 2.05) is 18.3 Å². The number of aromatic nitrogens is 1. The number of benzene rings is 2. The second-order valence-corrected chi connectivity index (χ2v) is 5.62. The van der Waals surface area contributed by atoms with Gasteiger partial charge in [0.15, 0.2) is 0 Å². The maximum Gasteiger partial charge on any atom is 0.0933 e. The molecule has 1 heterocycles. The standard InChI is InChI=1S/C17H15BrN2/c1-12(14-8-2-3-9-15(14)18)20-16-10-4-6-13-7-5-11-19-17(13)16/h2-12,20H,1H3. The number of hydrogen-bond acceptors (Lipinski definition) is 2. The van der Waals surface area contributed by atoms with Crippen LogP contribution in [0.2, 0.25) is 0 Å². The molecule has 0 fully saturated rings. The number of hydrogen-bond donors (Lipinski definition) is 1. The highest BCUT2D eigenvalue weighted by atomic mass is 79.9. The van der Waals surface area contributed by atoms with Crippen LogP contribution < -0.4 is 5.32 Å². The Morgan fingerprint density at radius 2 is 1.80 bits per heavy atom. The van der Waals surface area contributed by atoms with Crippen LogP contribution in [0.15, 0.2) is 65.3 Å². The van der Waals surface area contributed by atoms with Crippen molar-refractivity contribution in [3.63, 3.8) is 0 Å². The minimum atomic E-state index is 0.207. The number of anilines is 1. The molecule has 0 bridgehead atoms. The number of halogens is 1. The van der Waals surface area contributed by atoms with Gasteiger partial charge in [0, 0.05) is 22.1 Å². The molecule has 0 aliphatic rings. The summed E-state index contributed by atoms with van der Waals surface area (Å²) in [5.74, 6) is 0. The molecular formula is C17H15BrN2. The molecule has 3 aromatic rings. The molecule has 2 aromatic carbocycles. The molecule has 20 heavy (non-hydrogen) atoms. The van der Waals surface area contributed by atoms with E-state index in [-0.39, 0.29) is 6.04 Å². The van der Waals surface area contributed by atoms with Crippen LogP contribution in [0.25, 0.3) is 10.9 Å². The van der Waals surface area contributed by atoms with Crippen molar-refractivity contribution in [2.45, 2.75) is 13.0 Å². The molecule has 1 N–H and O–H groups in total. The summed E-state index contributed by atoms with van der Waals surface area (Å²) in [5, 5.41) is 4.70. The lowest BCUT2D eigenvalue weighted by Crippen LogP contribution is -2.07. The van der Waals surface area contributed by atoms with Crippen molar-refractivity contribution < 1.29 is 0 Å². The first-order valence-corrected chi connectivity index (χ1v) is 7.40. The van der Waals surface area contributed by atoms with E-state index >= 15 is 0 Å². The highest BCUT2D eigenvalue weighted by Gasteiger charge is 2.10. The first kappa shape index (κ1) is 13.1. The van der Waals surface area contributed by atoms with Crippen molar-refractivity contribution in [3.8, 4) is 0 Å². The van der Waals surface area contributed by atoms with E-state index in [1.165, 1.54) is 5.56 Å². The van der Waals surface area contributed by atoms with E-state index in [9.17, 15) is 0 Å². The molecule has 0 aliphatic heterocycles. The number of nitrogens with zero attached hydrogens (tertiary/aromatic N) is 1. The minimum absolute atomic E-state index is 0.207. The second kappa shape index (κ2) is 5.63. The van der Waals surface area contributed by atoms with Gasteiger partial charge in [-0.05, 0) is 30.7 Å². The van der Waals surface area contributed by atoms with Gasteiger partial charge >= 0.3 is 0 Å². The lowest BCUT2D eigenvalue weighted by atomic mass is 10.1. The zero-order valence-corrected chi connectivity index (χ0v) is 12.8. The van der Waals surface area contributed by atoms with Gasteiger partial charge in [-0.2, -0.15) is 0 Å². The van der Waals surface area contributed by atoms with Crippen molar-refractivity contribution >= 4 is 32.5 Å². The monoisotopic (exact) mass is 326 g/mol. The van der Waals surface area contributed by atoms with Crippen LogP contribution in [0.1, 0.15) is 18.5 Å². The van der Waals surface area contributed by atoms with Gasteiger partial charge in [-0.3, -0.25) is 4.98 Å². The van der Waals surface area contributed by atoms with Gasteiger partial charge in [0.05, 0.1) is 11.2 Å². The Kier molecular flexibility index (Phi) is 3.70. The third-order valence-corrected chi connectivity index (χ3v) is 4.10. The molecule has 2 nitrogen and oxygen atoms in total. The third kappa shape index (κ3) is 2.54. The Morgan fingerprint density at radius 1 is 1.00 bits per heavy atom. The SMILES string of the molecule is CC(Nc1cccc2cccnc12)c1ccccc1Br. The molecule has 1 unspecified atom stereocenters. The summed E-state index contributed by atoms with van der Waals surface area (Å²) >= 11 is 3.60. The number of nitrogens with one attached hydrogen (secondary N) is 1. The lowest BCUT2D eigenvalue weighted by molar-refractivity contribution is 0.880. The fraction of sp³-hybridized carbons (Fsp3) is 0.118. The molecule has 3 rings (SSSR count). The van der Waals surface area contributed by atoms with Crippen molar-refractivity contribution in [3.05, 3.63) is 70.8 Å². The Bertz CT molecular complexity index is 734. The average molecular weight is 327 g/mol. The molecule has 0 radical (unpaired) electrons. The molecule has 100 valence electrons. The molecule has 0 aliphatic carbocycles. The van der Waals surface area contributed by atoms with Crippen LogP contribution >= 0.6 is 15.9 Å². The van der Waals surface area contributed by atoms with Crippen LogP contribution in [0, 0.1) is 0 Å². The fourth-order valence-corrected chi connectivity index (χ4v) is 2.99. The summed E-state index contributed by atoms with van der Waals surface area (Å²) in [4.78, 5) is 4.48. The average Bonchev–Trinajstić information content (AvgIpc) is 2.48. The molecule has 0 amide bonds. The summed E-state index contributed by atoms with van der Waals surface area (Å²) in [6, 6.07) is 18.7. The molecule has 0 saturated heterocycles. The maximum atomic E-state index is 4.48. The predicted molar refractivity (Wildman–Crippen MR) is 87.9 cm³/mol. The quantitative estimate of drug-likeness (QED) is 0.718. The van der Waals surface area contributed by atoms with Crippen molar-refractivity contribution in [1.82, 2.24) is 4.98 Å². The van der Waals surface area contributed by atoms with Gasteiger partial charge in [-0.15, -0.1) is 0 Å². The molecule has 0 saturated carbocycles. The van der Waals surface area contributed by atoms with Crippen LogP contribution in [0.4, 0.5) is 5.69 Å². The Labute approximate surface area is 127 Å². The van der Waals surface area contributed by atoms with Crippen LogP contribution in [0.3, 0.4) is 0 Å². The minimum Gasteiger partial charge on any atom is -0.377 e. The fourth-order valence-electron chi connectivity index (χ4n) is 2.36. The topological polar surface area (TPSA) is 24.9 Å². The lowest BCUT2D eigenvalue weighted by Gasteiger charge is -2.18. The summed E-state index contributed by atoms with van der Waals surface area (Å²) in [6.45, 7) is 2.15. The summed E-state index contributed by atoms with van der Waals surface area (Å²) in [7, 11) is 0. The smallest absolute Gasteiger partial charge is 0.0933 e. The number of fused-ring (bicyclic) bond motifs is 1. The highest BCUT2D eigenvalue weighted by molar-refractivity contribution is 9.10. The Hall–Kier alpha value is -1.87. The summed E-state index contributed by atoms with van der Waals surface area (Å²) in [6.07, 6.45) is 1.83. The van der Waals surface area contributed by atoms with E-state index in [0.29, 0.717) is 0 Å². The predicted octanol–water partition coefficient (Wildman–Crippen LogP) is 5.17. The van der Waals surface area contributed by atoms with Crippen molar-refractivity contribution in [2.24, 2.45) is 0 Å². The van der Waals surface area contributed by atoms with Gasteiger partial charge in [-0.1, -0.05) is 52.3 Å². The Morgan fingerprint density at radius 3 is 2.65 bits per heavy atom. The van der Waals surface area contributed by atoms with Crippen LogP contribution in [-0.2, 0) is 0 Å². The summed E-state index contributed by atoms with van der Waals surface area (Å²) in [5.41, 5.74) is 3.31. The van der Waals surface area contributed by atoms with Crippen LogP contribution in [0.5, 0.6) is 0 Å². The number of rotatable bonds is 3. The zero-order valence-electron chi connectivity index (χ0n) is 11.2. The molecule has 3 heteroatoms. The van der Waals surface area contributed by atoms with E-state index < -0.39 is 0 Å². The first-order valence-electron chi connectivity index (χ1n) is 6.60. The van der Waals surface area contributed by atoms with Crippen molar-refractivity contribution in [1.29, 1.82) is 0 Å². The van der Waals surface area contributed by atoms with Crippen LogP contribution in [-0.4, -0.2) is 4.98 Å². The maximum absolute atomic E-state index is 4.48. The summed E-state index contributed by atoms with van der Waals surface area (Å²) < 4.78 is 1.12. The van der Waals surface area contributed by atoms with Gasteiger partial charge in [0.1, 0.15) is 0 Å². The zero-order chi connectivity index (χ0) is 13.9. The Balaban J connectivity index is 1.96. The van der Waals surface area contributed by atoms with Gasteiger partial charge in [0.25, 0.3) is 0 Å². The number of pyridine rings is 1. The normalized spacial score (nSPS) is 12.3. The first-order chi connectivity index (χ1) is 9.75. The van der Waals surface area contributed by atoms with Gasteiger partial charge in [-0.25, -0.2) is 0 Å². The van der Waals surface area contributed by atoms with Gasteiger partial charge in [0.2, 0.25) is 0 Å². The largest absolute Gasteiger partial charge is 0.377 e. The molecule has 1 atom stereocenters.